The standard InChI is InChI=1S/C17H23F2N3O4S/c1-21-17(13-10-12(18)5-6-14(13)19)15(11-26-21)27(24,25)20-7-3-9-22-8-2-4-16(22)23/h5-6,10,15,17,20H,2-4,7-9,11H2,1H3. The summed E-state index contributed by atoms with van der Waals surface area (Å²) in [4.78, 5) is 18.6. The van der Waals surface area contributed by atoms with Gasteiger partial charge in [-0.3, -0.25) is 9.63 Å². The smallest absolute Gasteiger partial charge is 0.222 e. The monoisotopic (exact) mass is 403 g/mol. The van der Waals surface area contributed by atoms with Crippen LogP contribution in [-0.4, -0.2) is 62.8 Å². The third-order valence-electron chi connectivity index (χ3n) is 4.94. The molecule has 3 rings (SSSR count). The maximum atomic E-state index is 14.2. The lowest BCUT2D eigenvalue weighted by Gasteiger charge is -2.23. The van der Waals surface area contributed by atoms with Gasteiger partial charge in [-0.2, -0.15) is 5.06 Å². The molecular formula is C17H23F2N3O4S. The van der Waals surface area contributed by atoms with Crippen LogP contribution >= 0.6 is 0 Å². The van der Waals surface area contributed by atoms with Crippen LogP contribution in [0, 0.1) is 11.6 Å². The van der Waals surface area contributed by atoms with E-state index in [-0.39, 0.29) is 24.6 Å². The minimum atomic E-state index is -3.84. The third-order valence-corrected chi connectivity index (χ3v) is 6.74. The van der Waals surface area contributed by atoms with Crippen LogP contribution in [-0.2, 0) is 19.7 Å². The number of hydrogen-bond acceptors (Lipinski definition) is 5. The van der Waals surface area contributed by atoms with E-state index >= 15 is 0 Å². The Hall–Kier alpha value is -1.62. The van der Waals surface area contributed by atoms with Gasteiger partial charge in [-0.1, -0.05) is 0 Å². The largest absolute Gasteiger partial charge is 0.343 e. The highest BCUT2D eigenvalue weighted by molar-refractivity contribution is 7.90. The van der Waals surface area contributed by atoms with Crippen molar-refractivity contribution in [2.24, 2.45) is 0 Å². The average Bonchev–Trinajstić information content (AvgIpc) is 3.20. The first-order valence-electron chi connectivity index (χ1n) is 8.86. The number of nitrogens with one attached hydrogen (secondary N) is 1. The summed E-state index contributed by atoms with van der Waals surface area (Å²) in [7, 11) is -2.35. The Morgan fingerprint density at radius 2 is 2.11 bits per heavy atom. The van der Waals surface area contributed by atoms with Gasteiger partial charge in [-0.15, -0.1) is 0 Å². The lowest BCUT2D eigenvalue weighted by molar-refractivity contribution is -0.127. The number of likely N-dealkylation sites (tertiary alicyclic amines) is 1. The van der Waals surface area contributed by atoms with Crippen molar-refractivity contribution in [3.8, 4) is 0 Å². The summed E-state index contributed by atoms with van der Waals surface area (Å²) in [6.45, 7) is 1.19. The predicted octanol–water partition coefficient (Wildman–Crippen LogP) is 1.18. The molecule has 27 heavy (non-hydrogen) atoms. The number of nitrogens with zero attached hydrogens (tertiary/aromatic N) is 2. The molecule has 1 N–H and O–H groups in total. The number of halogens is 2. The number of carbonyl (C=O) groups excluding carboxylic acids is 1. The molecule has 2 heterocycles. The molecule has 1 aromatic rings. The first kappa shape index (κ1) is 20.1. The minimum Gasteiger partial charge on any atom is -0.343 e. The van der Waals surface area contributed by atoms with Gasteiger partial charge in [0.1, 0.15) is 16.9 Å². The SMILES string of the molecule is CN1OCC(S(=O)(=O)NCCCN2CCCC2=O)C1c1cc(F)ccc1F. The molecule has 7 nitrogen and oxygen atoms in total. The molecule has 0 saturated carbocycles. The number of rotatable bonds is 7. The van der Waals surface area contributed by atoms with Gasteiger partial charge in [-0.05, 0) is 31.0 Å². The lowest BCUT2D eigenvalue weighted by atomic mass is 10.0. The van der Waals surface area contributed by atoms with Gasteiger partial charge in [0.05, 0.1) is 12.6 Å². The van der Waals surface area contributed by atoms with E-state index in [1.165, 1.54) is 12.1 Å². The number of hydroxylamine groups is 2. The Labute approximate surface area is 157 Å². The quantitative estimate of drug-likeness (QED) is 0.692. The van der Waals surface area contributed by atoms with Crippen molar-refractivity contribution in [3.05, 3.63) is 35.4 Å². The summed E-state index contributed by atoms with van der Waals surface area (Å²) < 4.78 is 55.6. The molecule has 1 aromatic carbocycles. The average molecular weight is 403 g/mol. The van der Waals surface area contributed by atoms with Crippen molar-refractivity contribution in [3.63, 3.8) is 0 Å². The fourth-order valence-corrected chi connectivity index (χ4v) is 5.07. The van der Waals surface area contributed by atoms with Crippen LogP contribution in [0.15, 0.2) is 18.2 Å². The molecule has 10 heteroatoms. The van der Waals surface area contributed by atoms with E-state index < -0.39 is 32.9 Å². The van der Waals surface area contributed by atoms with Gasteiger partial charge >= 0.3 is 0 Å². The van der Waals surface area contributed by atoms with Crippen molar-refractivity contribution in [1.82, 2.24) is 14.7 Å². The number of sulfonamides is 1. The summed E-state index contributed by atoms with van der Waals surface area (Å²) in [6, 6.07) is 1.99. The molecule has 1 amide bonds. The van der Waals surface area contributed by atoms with E-state index in [0.29, 0.717) is 25.9 Å². The normalized spacial score (nSPS) is 24.1. The molecule has 2 saturated heterocycles. The van der Waals surface area contributed by atoms with Gasteiger partial charge in [0, 0.05) is 38.7 Å². The summed E-state index contributed by atoms with van der Waals surface area (Å²) >= 11 is 0. The highest BCUT2D eigenvalue weighted by Gasteiger charge is 2.44. The number of carbonyl (C=O) groups is 1. The van der Waals surface area contributed by atoms with Crippen LogP contribution in [0.5, 0.6) is 0 Å². The zero-order chi connectivity index (χ0) is 19.6. The molecule has 0 radical (unpaired) electrons. The lowest BCUT2D eigenvalue weighted by Crippen LogP contribution is -2.40. The van der Waals surface area contributed by atoms with Crippen LogP contribution in [0.4, 0.5) is 8.78 Å². The first-order chi connectivity index (χ1) is 12.8. The van der Waals surface area contributed by atoms with Crippen molar-refractivity contribution < 1.29 is 26.8 Å². The second-order valence-corrected chi connectivity index (χ2v) is 8.75. The van der Waals surface area contributed by atoms with Gasteiger partial charge in [0.25, 0.3) is 0 Å². The van der Waals surface area contributed by atoms with E-state index in [1.54, 1.807) is 4.90 Å². The van der Waals surface area contributed by atoms with Gasteiger partial charge in [0.2, 0.25) is 15.9 Å². The second-order valence-electron chi connectivity index (χ2n) is 6.77. The summed E-state index contributed by atoms with van der Waals surface area (Å²) in [5.74, 6) is -1.25. The summed E-state index contributed by atoms with van der Waals surface area (Å²) in [5, 5.41) is 0.164. The first-order valence-corrected chi connectivity index (χ1v) is 10.4. The Bertz CT molecular complexity index is 805. The molecule has 0 bridgehead atoms. The van der Waals surface area contributed by atoms with Crippen LogP contribution < -0.4 is 4.72 Å². The van der Waals surface area contributed by atoms with Crippen molar-refractivity contribution in [1.29, 1.82) is 0 Å². The summed E-state index contributed by atoms with van der Waals surface area (Å²) in [6.07, 6.45) is 1.85. The molecule has 0 spiro atoms. The van der Waals surface area contributed by atoms with E-state index in [9.17, 15) is 22.0 Å². The Morgan fingerprint density at radius 3 is 2.81 bits per heavy atom. The van der Waals surface area contributed by atoms with Crippen molar-refractivity contribution in [2.75, 3.05) is 33.3 Å². The fraction of sp³-hybridized carbons (Fsp3) is 0.588. The van der Waals surface area contributed by atoms with Gasteiger partial charge in [-0.25, -0.2) is 21.9 Å². The van der Waals surface area contributed by atoms with Crippen molar-refractivity contribution in [2.45, 2.75) is 30.6 Å². The molecule has 2 fully saturated rings. The molecular weight excluding hydrogens is 380 g/mol. The van der Waals surface area contributed by atoms with Gasteiger partial charge in [0.15, 0.2) is 0 Å². The maximum Gasteiger partial charge on any atom is 0.222 e. The van der Waals surface area contributed by atoms with Crippen LogP contribution in [0.3, 0.4) is 0 Å². The van der Waals surface area contributed by atoms with Gasteiger partial charge < -0.3 is 4.90 Å². The molecule has 2 unspecified atom stereocenters. The van der Waals surface area contributed by atoms with Crippen LogP contribution in [0.2, 0.25) is 0 Å². The predicted molar refractivity (Wildman–Crippen MR) is 94.0 cm³/mol. The topological polar surface area (TPSA) is 79.0 Å². The Morgan fingerprint density at radius 1 is 1.33 bits per heavy atom. The van der Waals surface area contributed by atoms with E-state index in [1.807, 2.05) is 0 Å². The minimum absolute atomic E-state index is 0.0620. The molecule has 2 aliphatic rings. The third kappa shape index (κ3) is 4.45. The highest BCUT2D eigenvalue weighted by atomic mass is 32.2. The zero-order valence-corrected chi connectivity index (χ0v) is 15.8. The number of benzene rings is 1. The van der Waals surface area contributed by atoms with Crippen LogP contribution in [0.25, 0.3) is 0 Å². The Balaban J connectivity index is 1.65. The Kier molecular flexibility index (Phi) is 6.09. The molecule has 150 valence electrons. The maximum absolute atomic E-state index is 14.2. The molecule has 2 atom stereocenters. The molecule has 2 aliphatic heterocycles. The summed E-state index contributed by atoms with van der Waals surface area (Å²) in [5.41, 5.74) is -0.0620. The highest BCUT2D eigenvalue weighted by Crippen LogP contribution is 2.34. The molecule has 0 aliphatic carbocycles. The zero-order valence-electron chi connectivity index (χ0n) is 15.0. The van der Waals surface area contributed by atoms with E-state index in [0.717, 1.165) is 24.6 Å². The number of hydrogen-bond donors (Lipinski definition) is 1. The fourth-order valence-electron chi connectivity index (χ4n) is 3.53. The van der Waals surface area contributed by atoms with E-state index in [2.05, 4.69) is 4.72 Å². The van der Waals surface area contributed by atoms with Crippen molar-refractivity contribution >= 4 is 15.9 Å². The number of amides is 1. The van der Waals surface area contributed by atoms with Crippen LogP contribution in [0.1, 0.15) is 30.9 Å². The van der Waals surface area contributed by atoms with E-state index in [4.69, 9.17) is 4.84 Å². The molecule has 0 aromatic heterocycles. The second kappa shape index (κ2) is 8.17.